The van der Waals surface area contributed by atoms with E-state index in [4.69, 9.17) is 47.4 Å². The number of fused-ring (bicyclic) bond motifs is 1. The number of carbonyl (C=O) groups is 1. The van der Waals surface area contributed by atoms with Gasteiger partial charge in [-0.25, -0.2) is 4.79 Å². The Labute approximate surface area is 436 Å². The van der Waals surface area contributed by atoms with Crippen LogP contribution in [0.4, 0.5) is 0 Å². The molecule has 8 fully saturated rings. The summed E-state index contributed by atoms with van der Waals surface area (Å²) in [7, 11) is 0. The Morgan fingerprint density at radius 1 is 0.539 bits per heavy atom. The third-order valence-electron chi connectivity index (χ3n) is 16.6. The van der Waals surface area contributed by atoms with E-state index in [9.17, 15) is 91.6 Å². The van der Waals surface area contributed by atoms with Crippen molar-refractivity contribution in [2.75, 3.05) is 19.8 Å². The highest BCUT2D eigenvalue weighted by molar-refractivity contribution is 5.82. The lowest BCUT2D eigenvalue weighted by Crippen LogP contribution is -2.64. The van der Waals surface area contributed by atoms with E-state index in [0.717, 1.165) is 0 Å². The largest absolute Gasteiger partial charge is 0.454 e. The van der Waals surface area contributed by atoms with Gasteiger partial charge in [-0.05, 0) is 57.8 Å². The van der Waals surface area contributed by atoms with Crippen molar-refractivity contribution in [1.82, 2.24) is 0 Å². The maximum atomic E-state index is 13.0. The Morgan fingerprint density at radius 2 is 1.05 bits per heavy atom. The molecule has 3 saturated carbocycles. The number of allylic oxidation sites excluding steroid dienone is 1. The van der Waals surface area contributed by atoms with Gasteiger partial charge in [0.05, 0.1) is 62.4 Å². The van der Waals surface area contributed by atoms with Crippen LogP contribution in [0.1, 0.15) is 64.7 Å². The summed E-state index contributed by atoms with van der Waals surface area (Å²) >= 11 is 0. The molecule has 18 N–H and O–H groups in total. The molecule has 0 aromatic heterocycles. The minimum absolute atomic E-state index is 0.0122. The first-order valence-electron chi connectivity index (χ1n) is 26.3. The molecule has 0 amide bonds. The summed E-state index contributed by atoms with van der Waals surface area (Å²) < 4.78 is 57.6. The Bertz CT molecular complexity index is 1850. The van der Waals surface area contributed by atoms with E-state index in [0.29, 0.717) is 25.7 Å². The number of hydrogen-bond donors (Lipinski definition) is 17. The average Bonchev–Trinajstić information content (AvgIpc) is 3.40. The van der Waals surface area contributed by atoms with Gasteiger partial charge in [-0.1, -0.05) is 6.08 Å². The fraction of sp³-hybridized carbons (Fsp3) is 0.938. The second-order valence-electron chi connectivity index (χ2n) is 21.8. The van der Waals surface area contributed by atoms with E-state index >= 15 is 0 Å². The first kappa shape index (κ1) is 60.3. The molecule has 28 heteroatoms. The molecule has 8 rings (SSSR count). The average molecular weight is 1100 g/mol. The highest BCUT2D eigenvalue weighted by Crippen LogP contribution is 2.44. The van der Waals surface area contributed by atoms with Crippen LogP contribution >= 0.6 is 0 Å². The Kier molecular flexibility index (Phi) is 20.6. The van der Waals surface area contributed by atoms with Crippen molar-refractivity contribution in [1.29, 1.82) is 0 Å². The van der Waals surface area contributed by atoms with Gasteiger partial charge in [0.15, 0.2) is 43.5 Å². The van der Waals surface area contributed by atoms with E-state index in [1.165, 1.54) is 13.0 Å². The van der Waals surface area contributed by atoms with Crippen molar-refractivity contribution >= 4 is 5.97 Å². The van der Waals surface area contributed by atoms with Crippen LogP contribution in [0.15, 0.2) is 12.2 Å². The minimum Gasteiger partial charge on any atom is -0.454 e. The summed E-state index contributed by atoms with van der Waals surface area (Å²) in [6.07, 6.45) is -35.8. The van der Waals surface area contributed by atoms with Crippen LogP contribution in [0.25, 0.3) is 0 Å². The van der Waals surface area contributed by atoms with Crippen molar-refractivity contribution < 1.29 is 139 Å². The predicted molar refractivity (Wildman–Crippen MR) is 246 cm³/mol. The second-order valence-corrected chi connectivity index (χ2v) is 21.8. The zero-order valence-electron chi connectivity index (χ0n) is 41.7. The molecule has 3 aliphatic carbocycles. The lowest BCUT2D eigenvalue weighted by Gasteiger charge is -2.50. The monoisotopic (exact) mass is 1100 g/mol. The van der Waals surface area contributed by atoms with E-state index in [1.807, 2.05) is 0 Å². The normalized spacial score (nSPS) is 52.5. The summed E-state index contributed by atoms with van der Waals surface area (Å²) in [4.78, 5) is 13.0. The Hall–Kier alpha value is -1.83. The topological polar surface area (TPSA) is 457 Å². The maximum absolute atomic E-state index is 13.0. The Morgan fingerprint density at radius 3 is 1.62 bits per heavy atom. The smallest absolute Gasteiger partial charge is 0.330 e. The molecule has 5 aliphatic heterocycles. The molecule has 5 saturated heterocycles. The van der Waals surface area contributed by atoms with Gasteiger partial charge in [-0.2, -0.15) is 0 Å². The standard InChI is InChI=1S/C48H78O28/c1-16-43(76-30(54)7-4-17-2-5-20(6-3-17)69-46-39(63)35(59)32(56)27(13-49)73-46)38(62)42(66)45(68-16)67-15-29-34(58)37(61)41(65)48(75-29)72-26-12-21-24(70-44(26)18-8-22(52)31(55)23(53)9-18)10-19(51)11-25(21)71-47-40(64)36(60)33(57)28(14-50)74-47/h4,7,16-29,31-53,55-66H,2-3,5-6,8-15H2,1H3/p+1/t16-,17?,18?,19?,20?,21?,22?,23?,24?,25?,26?,27+,28+,29+,31?,32+,33+,34+,35-,36-,37-,38-,39+,40+,41+,42+,43-,44?,45+,46+,47+,48+/m0/s1. The lowest BCUT2D eigenvalue weighted by molar-refractivity contribution is -0.371. The van der Waals surface area contributed by atoms with Crippen LogP contribution in [0.3, 0.4) is 0 Å². The summed E-state index contributed by atoms with van der Waals surface area (Å²) in [6.45, 7) is -0.499. The summed E-state index contributed by atoms with van der Waals surface area (Å²) in [5.74, 6) is -2.23. The lowest BCUT2D eigenvalue weighted by atomic mass is 9.72. The third kappa shape index (κ3) is 13.2. The number of ether oxygens (including phenoxy) is 10. The first-order valence-corrected chi connectivity index (χ1v) is 26.3. The number of aliphatic hydroxyl groups excluding tert-OH is 17. The van der Waals surface area contributed by atoms with Crippen LogP contribution in [-0.2, 0) is 47.4 Å². The third-order valence-corrected chi connectivity index (χ3v) is 16.6. The van der Waals surface area contributed by atoms with Gasteiger partial charge in [0.1, 0.15) is 97.7 Å². The maximum Gasteiger partial charge on any atom is 0.330 e. The van der Waals surface area contributed by atoms with E-state index in [2.05, 4.69) is 0 Å². The number of aliphatic hydroxyl groups is 19. The van der Waals surface area contributed by atoms with Crippen LogP contribution in [0.2, 0.25) is 0 Å². The van der Waals surface area contributed by atoms with Gasteiger partial charge in [0.2, 0.25) is 0 Å². The number of carbonyl (C=O) groups excluding carboxylic acids is 1. The molecule has 0 spiro atoms. The van der Waals surface area contributed by atoms with E-state index in [1.54, 1.807) is 6.08 Å². The molecule has 5 heterocycles. The molecule has 28 nitrogen and oxygen atoms in total. The highest BCUT2D eigenvalue weighted by atomic mass is 16.7. The van der Waals surface area contributed by atoms with E-state index in [-0.39, 0.29) is 44.1 Å². The molecule has 0 radical (unpaired) electrons. The van der Waals surface area contributed by atoms with Crippen molar-refractivity contribution in [3.8, 4) is 0 Å². The summed E-state index contributed by atoms with van der Waals surface area (Å²) in [5, 5.41) is 180. The molecule has 438 valence electrons. The number of esters is 1. The van der Waals surface area contributed by atoms with Crippen molar-refractivity contribution in [3.05, 3.63) is 12.2 Å². The molecule has 76 heavy (non-hydrogen) atoms. The second kappa shape index (κ2) is 26.0. The van der Waals surface area contributed by atoms with E-state index < -0.39 is 209 Å². The van der Waals surface area contributed by atoms with Gasteiger partial charge >= 0.3 is 5.97 Å². The minimum atomic E-state index is -1.92. The molecule has 0 aromatic carbocycles. The van der Waals surface area contributed by atoms with Gasteiger partial charge in [-0.3, -0.25) is 0 Å². The summed E-state index contributed by atoms with van der Waals surface area (Å²) in [5.41, 5.74) is 0. The van der Waals surface area contributed by atoms with Crippen LogP contribution in [-0.4, -0.2) is 295 Å². The molecule has 28 atom stereocenters. The molecular weight excluding hydrogens is 1020 g/mol. The summed E-state index contributed by atoms with van der Waals surface area (Å²) in [6, 6.07) is 0. The number of hydrogen-bond acceptors (Lipinski definition) is 27. The van der Waals surface area contributed by atoms with Gasteiger partial charge in [0.25, 0.3) is 0 Å². The van der Waals surface area contributed by atoms with Gasteiger partial charge < -0.3 is 134 Å². The van der Waals surface area contributed by atoms with Crippen LogP contribution < -0.4 is 0 Å². The van der Waals surface area contributed by atoms with Crippen molar-refractivity contribution in [2.45, 2.75) is 242 Å². The van der Waals surface area contributed by atoms with Gasteiger partial charge in [-0.15, -0.1) is 0 Å². The zero-order valence-corrected chi connectivity index (χ0v) is 41.7. The molecule has 0 aromatic rings. The van der Waals surface area contributed by atoms with Crippen molar-refractivity contribution in [3.63, 3.8) is 0 Å². The number of rotatable bonds is 15. The first-order chi connectivity index (χ1) is 36.1. The molecule has 8 unspecified atom stereocenters. The zero-order chi connectivity index (χ0) is 55.0. The van der Waals surface area contributed by atoms with Crippen molar-refractivity contribution in [2.24, 2.45) is 17.8 Å². The van der Waals surface area contributed by atoms with Gasteiger partial charge in [0, 0.05) is 24.8 Å². The highest BCUT2D eigenvalue weighted by Gasteiger charge is 2.58. The van der Waals surface area contributed by atoms with Crippen LogP contribution in [0, 0.1) is 17.8 Å². The quantitative estimate of drug-likeness (QED) is 0.0411. The SMILES string of the molecule is C[C@@H]1O[C@@H](OC[C@H]2O[C@@H](OC3CC4C(O[C@@H]5O[C@H](CO)[C@@H](O)[C@H](O)[C@H]5O)CC(O)CC4[OH+]C3C3CC(O)C(O)C(O)C3)[C@H](O)[C@@H](O)[C@@H]2O)[C@H](O)[C@H](O)[C@H]1OC(=O)C=CC1CCC(O[C@@H]2O[C@H](CO)[C@@H](O)[C@H](O)[C@H]2O)CC1. The Balaban J connectivity index is 0.867. The predicted octanol–water partition coefficient (Wildman–Crippen LogP) is -8.38. The fourth-order valence-electron chi connectivity index (χ4n) is 12.1. The molecule has 8 aliphatic rings. The molecular formula is C48H79O28+. The molecule has 0 bridgehead atoms. The fourth-order valence-corrected chi connectivity index (χ4v) is 12.1. The van der Waals surface area contributed by atoms with Crippen LogP contribution in [0.5, 0.6) is 0 Å².